The number of allylic oxidation sites excluding steroid dienone is 1. The Balaban J connectivity index is 2.33. The molecule has 1 N–H and O–H groups in total. The van der Waals surface area contributed by atoms with E-state index in [-0.39, 0.29) is 16.9 Å². The summed E-state index contributed by atoms with van der Waals surface area (Å²) in [7, 11) is 0. The predicted molar refractivity (Wildman–Crippen MR) is 79.0 cm³/mol. The minimum atomic E-state index is -0.337. The van der Waals surface area contributed by atoms with Gasteiger partial charge in [0.25, 0.3) is 0 Å². The van der Waals surface area contributed by atoms with E-state index in [9.17, 15) is 4.39 Å². The van der Waals surface area contributed by atoms with Gasteiger partial charge in [-0.25, -0.2) is 4.39 Å². The quantitative estimate of drug-likeness (QED) is 0.764. The summed E-state index contributed by atoms with van der Waals surface area (Å²) in [5.41, 5.74) is 2.21. The second-order valence-electron chi connectivity index (χ2n) is 5.01. The number of likely N-dealkylation sites (N-methyl/N-ethyl adjacent to an activating group) is 1. The van der Waals surface area contributed by atoms with E-state index in [1.54, 1.807) is 6.07 Å². The van der Waals surface area contributed by atoms with Crippen LogP contribution in [-0.2, 0) is 0 Å². The first-order valence-corrected chi connectivity index (χ1v) is 7.48. The zero-order chi connectivity index (χ0) is 13.7. The topological polar surface area (TPSA) is 12.0 Å². The lowest BCUT2D eigenvalue weighted by Crippen LogP contribution is -2.23. The number of hydrogen-bond donors (Lipinski definition) is 1. The van der Waals surface area contributed by atoms with E-state index in [0.717, 1.165) is 24.9 Å². The van der Waals surface area contributed by atoms with Crippen molar-refractivity contribution < 1.29 is 4.39 Å². The van der Waals surface area contributed by atoms with Crippen LogP contribution in [0.2, 0.25) is 5.02 Å². The molecule has 104 valence electrons. The van der Waals surface area contributed by atoms with Gasteiger partial charge in [-0.1, -0.05) is 48.7 Å². The van der Waals surface area contributed by atoms with E-state index in [4.69, 9.17) is 11.6 Å². The van der Waals surface area contributed by atoms with Crippen molar-refractivity contribution in [1.82, 2.24) is 5.32 Å². The largest absolute Gasteiger partial charge is 0.307 e. The molecule has 1 nitrogen and oxygen atoms in total. The fourth-order valence-electron chi connectivity index (χ4n) is 2.69. The summed E-state index contributed by atoms with van der Waals surface area (Å²) in [5.74, 6) is -0.337. The molecule has 0 fully saturated rings. The Hall–Kier alpha value is -0.860. The highest BCUT2D eigenvalue weighted by Gasteiger charge is 2.20. The van der Waals surface area contributed by atoms with E-state index in [1.807, 2.05) is 6.07 Å². The van der Waals surface area contributed by atoms with Gasteiger partial charge >= 0.3 is 0 Å². The van der Waals surface area contributed by atoms with Crippen LogP contribution in [0.15, 0.2) is 29.8 Å². The third-order valence-electron chi connectivity index (χ3n) is 3.65. The van der Waals surface area contributed by atoms with Crippen LogP contribution in [-0.4, -0.2) is 6.54 Å². The molecule has 19 heavy (non-hydrogen) atoms. The second-order valence-corrected chi connectivity index (χ2v) is 5.39. The lowest BCUT2D eigenvalue weighted by atomic mass is 9.95. The Morgan fingerprint density at radius 1 is 1.32 bits per heavy atom. The van der Waals surface area contributed by atoms with Crippen molar-refractivity contribution in [2.45, 2.75) is 45.1 Å². The van der Waals surface area contributed by atoms with Crippen LogP contribution >= 0.6 is 11.6 Å². The van der Waals surface area contributed by atoms with E-state index in [1.165, 1.54) is 30.9 Å². The summed E-state index contributed by atoms with van der Waals surface area (Å²) in [6, 6.07) is 5.12. The highest BCUT2D eigenvalue weighted by molar-refractivity contribution is 6.31. The van der Waals surface area contributed by atoms with Gasteiger partial charge in [-0.3, -0.25) is 0 Å². The zero-order valence-electron chi connectivity index (χ0n) is 11.4. The van der Waals surface area contributed by atoms with Gasteiger partial charge in [-0.05, 0) is 43.9 Å². The molecule has 3 heteroatoms. The van der Waals surface area contributed by atoms with Crippen molar-refractivity contribution in [3.63, 3.8) is 0 Å². The maximum atomic E-state index is 13.6. The van der Waals surface area contributed by atoms with Gasteiger partial charge in [-0.15, -0.1) is 0 Å². The van der Waals surface area contributed by atoms with Crippen molar-refractivity contribution in [2.24, 2.45) is 0 Å². The molecule has 0 aliphatic heterocycles. The van der Waals surface area contributed by atoms with E-state index < -0.39 is 0 Å². The van der Waals surface area contributed by atoms with Crippen LogP contribution in [0.3, 0.4) is 0 Å². The fourth-order valence-corrected chi connectivity index (χ4v) is 2.93. The Morgan fingerprint density at radius 2 is 2.16 bits per heavy atom. The normalized spacial score (nSPS) is 17.7. The molecule has 1 atom stereocenters. The molecule has 1 aromatic carbocycles. The first kappa shape index (κ1) is 14.5. The van der Waals surface area contributed by atoms with Crippen LogP contribution in [0.4, 0.5) is 4.39 Å². The molecule has 0 amide bonds. The van der Waals surface area contributed by atoms with Crippen molar-refractivity contribution in [2.75, 3.05) is 6.54 Å². The molecule has 0 radical (unpaired) electrons. The number of halogens is 2. The molecule has 1 aromatic rings. The highest BCUT2D eigenvalue weighted by Crippen LogP contribution is 2.33. The fraction of sp³-hybridized carbons (Fsp3) is 0.500. The monoisotopic (exact) mass is 281 g/mol. The Morgan fingerprint density at radius 3 is 2.95 bits per heavy atom. The lowest BCUT2D eigenvalue weighted by Gasteiger charge is -2.23. The van der Waals surface area contributed by atoms with Gasteiger partial charge in [0.05, 0.1) is 11.1 Å². The molecule has 0 heterocycles. The van der Waals surface area contributed by atoms with Crippen LogP contribution in [0.25, 0.3) is 0 Å². The SMILES string of the molecule is CCNC(C1=CCCCCC1)c1cccc(F)c1Cl. The summed E-state index contributed by atoms with van der Waals surface area (Å²) >= 11 is 6.14. The number of hydrogen-bond acceptors (Lipinski definition) is 1. The van der Waals surface area contributed by atoms with E-state index in [0.29, 0.717) is 0 Å². The first-order chi connectivity index (χ1) is 9.24. The molecule has 0 aromatic heterocycles. The second kappa shape index (κ2) is 7.06. The Kier molecular flexibility index (Phi) is 5.41. The molecule has 1 aliphatic carbocycles. The van der Waals surface area contributed by atoms with Crippen LogP contribution < -0.4 is 5.32 Å². The van der Waals surface area contributed by atoms with Gasteiger partial charge in [0.15, 0.2) is 0 Å². The third kappa shape index (κ3) is 3.58. The van der Waals surface area contributed by atoms with Gasteiger partial charge < -0.3 is 5.32 Å². The Bertz CT molecular complexity index is 456. The van der Waals surface area contributed by atoms with Crippen LogP contribution in [0.5, 0.6) is 0 Å². The molecule has 0 saturated carbocycles. The third-order valence-corrected chi connectivity index (χ3v) is 4.05. The van der Waals surface area contributed by atoms with Crippen molar-refractivity contribution in [3.8, 4) is 0 Å². The number of rotatable bonds is 4. The molecular formula is C16H21ClFN. The van der Waals surface area contributed by atoms with Gasteiger partial charge in [0, 0.05) is 0 Å². The summed E-state index contributed by atoms with van der Waals surface area (Å²) in [6.07, 6.45) is 8.23. The van der Waals surface area contributed by atoms with Gasteiger partial charge in [0.1, 0.15) is 5.82 Å². The number of nitrogens with one attached hydrogen (secondary N) is 1. The average molecular weight is 282 g/mol. The van der Waals surface area contributed by atoms with Crippen molar-refractivity contribution in [1.29, 1.82) is 0 Å². The Labute approximate surface area is 119 Å². The smallest absolute Gasteiger partial charge is 0.142 e. The standard InChI is InChI=1S/C16H21ClFN/c1-2-19-16(12-8-5-3-4-6-9-12)13-10-7-11-14(18)15(13)17/h7-8,10-11,16,19H,2-6,9H2,1H3. The lowest BCUT2D eigenvalue weighted by molar-refractivity contribution is 0.579. The van der Waals surface area contributed by atoms with Crippen molar-refractivity contribution in [3.05, 3.63) is 46.3 Å². The minimum absolute atomic E-state index is 0.0475. The zero-order valence-corrected chi connectivity index (χ0v) is 12.1. The molecule has 0 spiro atoms. The number of benzene rings is 1. The van der Waals surface area contributed by atoms with Gasteiger partial charge in [0.2, 0.25) is 0 Å². The maximum absolute atomic E-state index is 13.6. The molecule has 2 rings (SSSR count). The minimum Gasteiger partial charge on any atom is -0.307 e. The highest BCUT2D eigenvalue weighted by atomic mass is 35.5. The molecular weight excluding hydrogens is 261 g/mol. The molecule has 1 aliphatic rings. The maximum Gasteiger partial charge on any atom is 0.142 e. The molecule has 1 unspecified atom stereocenters. The summed E-state index contributed by atoms with van der Waals surface area (Å²) < 4.78 is 13.6. The average Bonchev–Trinajstić information content (AvgIpc) is 2.68. The first-order valence-electron chi connectivity index (χ1n) is 7.10. The van der Waals surface area contributed by atoms with Crippen LogP contribution in [0, 0.1) is 5.82 Å². The summed E-state index contributed by atoms with van der Waals surface area (Å²) in [6.45, 7) is 2.91. The molecule has 0 bridgehead atoms. The predicted octanol–water partition coefficient (Wildman–Crippen LogP) is 5.02. The van der Waals surface area contributed by atoms with E-state index >= 15 is 0 Å². The summed E-state index contributed by atoms with van der Waals surface area (Å²) in [4.78, 5) is 0. The van der Waals surface area contributed by atoms with E-state index in [2.05, 4.69) is 18.3 Å². The molecule has 0 saturated heterocycles. The van der Waals surface area contributed by atoms with Crippen molar-refractivity contribution >= 4 is 11.6 Å². The summed E-state index contributed by atoms with van der Waals surface area (Å²) in [5, 5.41) is 3.69. The van der Waals surface area contributed by atoms with Crippen LogP contribution in [0.1, 0.15) is 50.6 Å². The van der Waals surface area contributed by atoms with Gasteiger partial charge in [-0.2, -0.15) is 0 Å².